The lowest BCUT2D eigenvalue weighted by Crippen LogP contribution is -2.59. The Morgan fingerprint density at radius 2 is 2.04 bits per heavy atom. The topological polar surface area (TPSA) is 81.2 Å². The first-order valence-corrected chi connectivity index (χ1v) is 9.05. The van der Waals surface area contributed by atoms with Gasteiger partial charge in [-0.15, -0.1) is 0 Å². The van der Waals surface area contributed by atoms with Gasteiger partial charge in [-0.3, -0.25) is 9.69 Å². The van der Waals surface area contributed by atoms with E-state index in [1.165, 1.54) is 0 Å². The number of hydrogen-bond donors (Lipinski definition) is 2. The van der Waals surface area contributed by atoms with E-state index in [2.05, 4.69) is 24.8 Å². The zero-order valence-electron chi connectivity index (χ0n) is 14.4. The molecule has 0 radical (unpaired) electrons. The van der Waals surface area contributed by atoms with Crippen molar-refractivity contribution in [2.45, 2.75) is 24.4 Å². The Hall–Kier alpha value is -2.80. The first kappa shape index (κ1) is 15.5. The molecule has 5 rings (SSSR count). The molecule has 2 aliphatic rings. The second kappa shape index (κ2) is 5.88. The maximum atomic E-state index is 13.9. The lowest BCUT2D eigenvalue weighted by Gasteiger charge is -2.42. The number of nitrogens with one attached hydrogen (secondary N) is 2. The van der Waals surface area contributed by atoms with Crippen molar-refractivity contribution in [2.75, 3.05) is 24.5 Å². The minimum Gasteiger partial charge on any atom is -0.469 e. The number of H-pyrrole nitrogens is 2. The number of likely N-dealkylation sites (tertiary alicyclic amines) is 1. The van der Waals surface area contributed by atoms with Crippen LogP contribution in [-0.2, 0) is 10.5 Å². The van der Waals surface area contributed by atoms with E-state index in [1.54, 1.807) is 18.7 Å². The van der Waals surface area contributed by atoms with Crippen LogP contribution < -0.4 is 4.90 Å². The minimum atomic E-state index is -0.942. The Morgan fingerprint density at radius 3 is 2.69 bits per heavy atom. The van der Waals surface area contributed by atoms with Crippen LogP contribution in [0, 0.1) is 0 Å². The molecule has 2 atom stereocenters. The van der Waals surface area contributed by atoms with Crippen LogP contribution in [-0.4, -0.2) is 45.3 Å². The first-order chi connectivity index (χ1) is 12.8. The zero-order valence-corrected chi connectivity index (χ0v) is 14.4. The number of carbonyl (C=O) groups excluding carboxylic acids is 1. The van der Waals surface area contributed by atoms with Crippen molar-refractivity contribution in [3.63, 3.8) is 0 Å². The summed E-state index contributed by atoms with van der Waals surface area (Å²) in [4.78, 5) is 29.3. The number of rotatable bonds is 4. The number of ketones is 1. The van der Waals surface area contributed by atoms with Crippen molar-refractivity contribution >= 4 is 11.6 Å². The van der Waals surface area contributed by atoms with Crippen LogP contribution in [0.2, 0.25) is 0 Å². The number of hydrogen-bond acceptors (Lipinski definition) is 5. The third-order valence-corrected chi connectivity index (χ3v) is 5.57. The number of Topliss-reactive ketones (excluding diaryl/α,β-unsaturated/α-hetero) is 1. The van der Waals surface area contributed by atoms with E-state index in [0.717, 1.165) is 31.7 Å². The molecule has 2 aliphatic heterocycles. The normalized spacial score (nSPS) is 26.8. The molecule has 0 spiro atoms. The van der Waals surface area contributed by atoms with Gasteiger partial charge in [0, 0.05) is 38.2 Å². The fraction of sp³-hybridized carbons (Fsp3) is 0.368. The third kappa shape index (κ3) is 2.03. The van der Waals surface area contributed by atoms with E-state index < -0.39 is 5.66 Å². The predicted molar refractivity (Wildman–Crippen MR) is 95.7 cm³/mol. The van der Waals surface area contributed by atoms with Crippen molar-refractivity contribution in [3.05, 3.63) is 60.7 Å². The molecule has 0 aliphatic carbocycles. The van der Waals surface area contributed by atoms with Crippen LogP contribution in [0.25, 0.3) is 0 Å². The van der Waals surface area contributed by atoms with E-state index in [0.29, 0.717) is 18.1 Å². The van der Waals surface area contributed by atoms with Crippen LogP contribution in [0.15, 0.2) is 53.5 Å². The summed E-state index contributed by atoms with van der Waals surface area (Å²) in [5.41, 5.74) is -0.942. The van der Waals surface area contributed by atoms with Gasteiger partial charge in [0.1, 0.15) is 11.6 Å². The SMILES string of the molecule is O=C1C(c2ccco2)CN(c2ccc[nH]2)C1(c1ncc[nH]1)N1CCCC1. The van der Waals surface area contributed by atoms with E-state index in [-0.39, 0.29) is 11.7 Å². The molecule has 5 heterocycles. The highest BCUT2D eigenvalue weighted by molar-refractivity contribution is 6.00. The van der Waals surface area contributed by atoms with Crippen LogP contribution in [0.5, 0.6) is 0 Å². The molecule has 7 nitrogen and oxygen atoms in total. The Balaban J connectivity index is 1.71. The maximum Gasteiger partial charge on any atom is 0.215 e. The summed E-state index contributed by atoms with van der Waals surface area (Å²) in [5, 5.41) is 0. The summed E-state index contributed by atoms with van der Waals surface area (Å²) in [6.07, 6.45) is 9.18. The Labute approximate surface area is 151 Å². The van der Waals surface area contributed by atoms with Crippen molar-refractivity contribution in [1.82, 2.24) is 19.9 Å². The molecule has 0 saturated carbocycles. The molecule has 3 aromatic rings. The molecule has 0 amide bonds. The molecule has 2 unspecified atom stereocenters. The summed E-state index contributed by atoms with van der Waals surface area (Å²) in [6, 6.07) is 7.68. The Bertz CT molecular complexity index is 865. The van der Waals surface area contributed by atoms with Gasteiger partial charge < -0.3 is 19.3 Å². The van der Waals surface area contributed by atoms with Gasteiger partial charge in [-0.2, -0.15) is 0 Å². The van der Waals surface area contributed by atoms with Gasteiger partial charge in [0.05, 0.1) is 12.2 Å². The van der Waals surface area contributed by atoms with Gasteiger partial charge in [-0.1, -0.05) is 0 Å². The average Bonchev–Trinajstić information content (AvgIpc) is 3.45. The molecule has 2 saturated heterocycles. The van der Waals surface area contributed by atoms with Crippen LogP contribution in [0.3, 0.4) is 0 Å². The molecular formula is C19H21N5O2. The Morgan fingerprint density at radius 1 is 1.15 bits per heavy atom. The number of anilines is 1. The lowest BCUT2D eigenvalue weighted by molar-refractivity contribution is -0.130. The summed E-state index contributed by atoms with van der Waals surface area (Å²) < 4.78 is 5.62. The lowest BCUT2D eigenvalue weighted by atomic mass is 9.94. The van der Waals surface area contributed by atoms with Gasteiger partial charge in [0.25, 0.3) is 0 Å². The standard InChI is InChI=1S/C19H21N5O2/c25-17-14(15-5-4-12-26-15)13-24(16-6-3-7-20-16)19(17,18-21-8-9-22-18)23-10-1-2-11-23/h3-9,12,14,20H,1-2,10-11,13H2,(H,21,22). The van der Waals surface area contributed by atoms with E-state index in [9.17, 15) is 4.79 Å². The van der Waals surface area contributed by atoms with E-state index >= 15 is 0 Å². The summed E-state index contributed by atoms with van der Waals surface area (Å²) in [6.45, 7) is 2.28. The van der Waals surface area contributed by atoms with Crippen molar-refractivity contribution in [3.8, 4) is 0 Å². The molecule has 7 heteroatoms. The average molecular weight is 351 g/mol. The van der Waals surface area contributed by atoms with Crippen molar-refractivity contribution in [2.24, 2.45) is 0 Å². The van der Waals surface area contributed by atoms with Gasteiger partial charge in [-0.25, -0.2) is 4.98 Å². The molecule has 2 fully saturated rings. The highest BCUT2D eigenvalue weighted by atomic mass is 16.3. The molecule has 0 bridgehead atoms. The fourth-order valence-electron chi connectivity index (χ4n) is 4.46. The molecule has 0 aromatic carbocycles. The summed E-state index contributed by atoms with van der Waals surface area (Å²) in [5.74, 6) is 2.07. The monoisotopic (exact) mass is 351 g/mol. The number of aromatic amines is 2. The largest absolute Gasteiger partial charge is 0.469 e. The van der Waals surface area contributed by atoms with Crippen LogP contribution in [0.1, 0.15) is 30.3 Å². The second-order valence-electron chi connectivity index (χ2n) is 6.90. The Kier molecular flexibility index (Phi) is 3.49. The number of aromatic nitrogens is 3. The number of nitrogens with zero attached hydrogens (tertiary/aromatic N) is 3. The van der Waals surface area contributed by atoms with Crippen molar-refractivity contribution < 1.29 is 9.21 Å². The highest BCUT2D eigenvalue weighted by Crippen LogP contribution is 2.47. The van der Waals surface area contributed by atoms with Gasteiger partial charge in [0.2, 0.25) is 5.66 Å². The zero-order chi connectivity index (χ0) is 17.6. The molecule has 3 aromatic heterocycles. The van der Waals surface area contributed by atoms with Gasteiger partial charge in [0.15, 0.2) is 11.6 Å². The minimum absolute atomic E-state index is 0.110. The number of carbonyl (C=O) groups is 1. The first-order valence-electron chi connectivity index (χ1n) is 9.05. The summed E-state index contributed by atoms with van der Waals surface area (Å²) in [7, 11) is 0. The van der Waals surface area contributed by atoms with Crippen LogP contribution >= 0.6 is 0 Å². The molecule has 134 valence electrons. The molecule has 2 N–H and O–H groups in total. The summed E-state index contributed by atoms with van der Waals surface area (Å²) >= 11 is 0. The maximum absolute atomic E-state index is 13.9. The van der Waals surface area contributed by atoms with Gasteiger partial charge >= 0.3 is 0 Å². The number of imidazole rings is 1. The second-order valence-corrected chi connectivity index (χ2v) is 6.90. The van der Waals surface area contributed by atoms with Crippen molar-refractivity contribution in [1.29, 1.82) is 0 Å². The van der Waals surface area contributed by atoms with Gasteiger partial charge in [-0.05, 0) is 37.1 Å². The third-order valence-electron chi connectivity index (χ3n) is 5.57. The van der Waals surface area contributed by atoms with E-state index in [1.807, 2.05) is 30.5 Å². The van der Waals surface area contributed by atoms with Crippen LogP contribution in [0.4, 0.5) is 5.82 Å². The molecular weight excluding hydrogens is 330 g/mol. The number of furan rings is 1. The molecule has 26 heavy (non-hydrogen) atoms. The quantitative estimate of drug-likeness (QED) is 0.755. The smallest absolute Gasteiger partial charge is 0.215 e. The highest BCUT2D eigenvalue weighted by Gasteiger charge is 2.61. The predicted octanol–water partition coefficient (Wildman–Crippen LogP) is 2.45. The van der Waals surface area contributed by atoms with E-state index in [4.69, 9.17) is 4.42 Å². The fourth-order valence-corrected chi connectivity index (χ4v) is 4.46.